The number of carbonyl (C=O) groups excluding carboxylic acids is 1. The van der Waals surface area contributed by atoms with E-state index in [2.05, 4.69) is 20.6 Å². The summed E-state index contributed by atoms with van der Waals surface area (Å²) in [4.78, 5) is 12.5. The van der Waals surface area contributed by atoms with E-state index in [1.54, 1.807) is 10.8 Å². The topological polar surface area (TPSA) is 81.4 Å². The van der Waals surface area contributed by atoms with E-state index in [1.165, 1.54) is 11.3 Å². The average molecular weight is 317 g/mol. The van der Waals surface area contributed by atoms with Gasteiger partial charge < -0.3 is 10.1 Å². The Morgan fingerprint density at radius 3 is 3.00 bits per heavy atom. The van der Waals surface area contributed by atoms with Crippen LogP contribution in [0.1, 0.15) is 11.4 Å². The van der Waals surface area contributed by atoms with Gasteiger partial charge >= 0.3 is 0 Å². The maximum atomic E-state index is 11.7. The monoisotopic (exact) mass is 317 g/mol. The van der Waals surface area contributed by atoms with E-state index in [9.17, 15) is 4.79 Å². The molecule has 22 heavy (non-hydrogen) atoms. The second kappa shape index (κ2) is 6.99. The van der Waals surface area contributed by atoms with Crippen molar-refractivity contribution in [2.75, 3.05) is 13.2 Å². The van der Waals surface area contributed by atoms with Crippen LogP contribution in [0.15, 0.2) is 36.7 Å². The number of nitrogens with zero attached hydrogens (tertiary/aromatic N) is 4. The van der Waals surface area contributed by atoms with Crippen molar-refractivity contribution in [3.05, 3.63) is 41.7 Å². The number of fused-ring (bicyclic) bond motifs is 1. The zero-order valence-electron chi connectivity index (χ0n) is 11.8. The first-order chi connectivity index (χ1) is 10.8. The first kappa shape index (κ1) is 14.5. The van der Waals surface area contributed by atoms with E-state index in [4.69, 9.17) is 4.74 Å². The van der Waals surface area contributed by atoms with E-state index < -0.39 is 0 Å². The van der Waals surface area contributed by atoms with Crippen molar-refractivity contribution < 1.29 is 9.53 Å². The highest BCUT2D eigenvalue weighted by Crippen LogP contribution is 2.11. The van der Waals surface area contributed by atoms with Gasteiger partial charge in [-0.2, -0.15) is 9.61 Å². The van der Waals surface area contributed by atoms with Crippen molar-refractivity contribution in [3.63, 3.8) is 0 Å². The molecule has 0 saturated heterocycles. The predicted octanol–water partition coefficient (Wildman–Crippen LogP) is 1.31. The SMILES string of the molecule is O=C(CCOc1ccccc1)NCCc1nn2cnnc2s1. The quantitative estimate of drug-likeness (QED) is 0.710. The number of aromatic nitrogens is 4. The highest BCUT2D eigenvalue weighted by Gasteiger charge is 2.06. The Hall–Kier alpha value is -2.48. The van der Waals surface area contributed by atoms with Gasteiger partial charge in [0.25, 0.3) is 0 Å². The van der Waals surface area contributed by atoms with E-state index in [-0.39, 0.29) is 5.91 Å². The molecule has 8 heteroatoms. The molecule has 0 atom stereocenters. The molecule has 2 aromatic heterocycles. The zero-order chi connectivity index (χ0) is 15.2. The van der Waals surface area contributed by atoms with Gasteiger partial charge in [-0.15, -0.1) is 10.2 Å². The van der Waals surface area contributed by atoms with Crippen LogP contribution in [-0.4, -0.2) is 38.9 Å². The molecule has 1 amide bonds. The lowest BCUT2D eigenvalue weighted by atomic mass is 10.3. The van der Waals surface area contributed by atoms with E-state index in [0.29, 0.717) is 26.0 Å². The summed E-state index contributed by atoms with van der Waals surface area (Å²) >= 11 is 1.47. The normalized spacial score (nSPS) is 10.7. The number of nitrogens with one attached hydrogen (secondary N) is 1. The van der Waals surface area contributed by atoms with Crippen molar-refractivity contribution in [3.8, 4) is 5.75 Å². The van der Waals surface area contributed by atoms with Gasteiger partial charge in [-0.1, -0.05) is 29.5 Å². The standard InChI is InChI=1S/C14H15N5O2S/c20-12(7-9-21-11-4-2-1-3-5-11)15-8-6-13-18-19-10-16-17-14(19)22-13/h1-5,10H,6-9H2,(H,15,20). The van der Waals surface area contributed by atoms with Gasteiger partial charge in [0.05, 0.1) is 13.0 Å². The highest BCUT2D eigenvalue weighted by atomic mass is 32.1. The summed E-state index contributed by atoms with van der Waals surface area (Å²) in [5.41, 5.74) is 0. The van der Waals surface area contributed by atoms with Crippen molar-refractivity contribution in [1.82, 2.24) is 25.1 Å². The van der Waals surface area contributed by atoms with Crippen LogP contribution in [0, 0.1) is 0 Å². The molecule has 0 aliphatic rings. The maximum absolute atomic E-state index is 11.7. The Morgan fingerprint density at radius 2 is 2.18 bits per heavy atom. The minimum atomic E-state index is -0.0288. The molecule has 1 aromatic carbocycles. The Labute approximate surface area is 130 Å². The summed E-state index contributed by atoms with van der Waals surface area (Å²) in [6.07, 6.45) is 2.58. The van der Waals surface area contributed by atoms with Gasteiger partial charge in [0, 0.05) is 13.0 Å². The maximum Gasteiger partial charge on any atom is 0.234 e. The van der Waals surface area contributed by atoms with Crippen LogP contribution in [0.5, 0.6) is 5.75 Å². The van der Waals surface area contributed by atoms with Crippen molar-refractivity contribution in [2.24, 2.45) is 0 Å². The number of ether oxygens (including phenoxy) is 1. The number of hydrogen-bond donors (Lipinski definition) is 1. The number of carbonyl (C=O) groups is 1. The molecule has 114 valence electrons. The molecule has 0 unspecified atom stereocenters. The van der Waals surface area contributed by atoms with Gasteiger partial charge in [0.1, 0.15) is 17.1 Å². The van der Waals surface area contributed by atoms with Crippen LogP contribution < -0.4 is 10.1 Å². The van der Waals surface area contributed by atoms with E-state index in [1.807, 2.05) is 30.3 Å². The fraction of sp³-hybridized carbons (Fsp3) is 0.286. The molecule has 0 aliphatic carbocycles. The Morgan fingerprint density at radius 1 is 1.32 bits per heavy atom. The zero-order valence-corrected chi connectivity index (χ0v) is 12.6. The van der Waals surface area contributed by atoms with Gasteiger partial charge in [-0.3, -0.25) is 4.79 Å². The van der Waals surface area contributed by atoms with E-state index in [0.717, 1.165) is 15.7 Å². The molecular weight excluding hydrogens is 302 g/mol. The van der Waals surface area contributed by atoms with Gasteiger partial charge in [0.2, 0.25) is 10.9 Å². The molecule has 3 rings (SSSR count). The lowest BCUT2D eigenvalue weighted by Gasteiger charge is -2.06. The summed E-state index contributed by atoms with van der Waals surface area (Å²) in [5, 5.41) is 15.7. The van der Waals surface area contributed by atoms with Gasteiger partial charge in [-0.05, 0) is 12.1 Å². The van der Waals surface area contributed by atoms with Crippen molar-refractivity contribution in [1.29, 1.82) is 0 Å². The highest BCUT2D eigenvalue weighted by molar-refractivity contribution is 7.16. The number of hydrogen-bond acceptors (Lipinski definition) is 6. The smallest absolute Gasteiger partial charge is 0.234 e. The Balaban J connectivity index is 1.35. The second-order valence-corrected chi connectivity index (χ2v) is 5.61. The molecule has 0 bridgehead atoms. The van der Waals surface area contributed by atoms with Gasteiger partial charge in [-0.25, -0.2) is 0 Å². The van der Waals surface area contributed by atoms with Crippen LogP contribution in [0.3, 0.4) is 0 Å². The minimum Gasteiger partial charge on any atom is -0.493 e. The van der Waals surface area contributed by atoms with Gasteiger partial charge in [0.15, 0.2) is 0 Å². The van der Waals surface area contributed by atoms with Crippen molar-refractivity contribution in [2.45, 2.75) is 12.8 Å². The molecule has 0 aliphatic heterocycles. The molecule has 2 heterocycles. The first-order valence-electron chi connectivity index (χ1n) is 6.91. The summed E-state index contributed by atoms with van der Waals surface area (Å²) in [6.45, 7) is 0.918. The largest absolute Gasteiger partial charge is 0.493 e. The van der Waals surface area contributed by atoms with Crippen LogP contribution in [0.2, 0.25) is 0 Å². The van der Waals surface area contributed by atoms with Crippen LogP contribution in [-0.2, 0) is 11.2 Å². The van der Waals surface area contributed by atoms with Crippen LogP contribution >= 0.6 is 11.3 Å². The molecule has 1 N–H and O–H groups in total. The number of amides is 1. The third-order valence-electron chi connectivity index (χ3n) is 2.93. The molecule has 3 aromatic rings. The second-order valence-electron chi connectivity index (χ2n) is 4.57. The third kappa shape index (κ3) is 3.79. The summed E-state index contributed by atoms with van der Waals surface area (Å²) in [5.74, 6) is 0.744. The lowest BCUT2D eigenvalue weighted by Crippen LogP contribution is -2.27. The summed E-state index contributed by atoms with van der Waals surface area (Å²) in [6, 6.07) is 9.45. The number of benzene rings is 1. The minimum absolute atomic E-state index is 0.0288. The molecule has 0 fully saturated rings. The molecule has 7 nitrogen and oxygen atoms in total. The van der Waals surface area contributed by atoms with Crippen LogP contribution in [0.4, 0.5) is 0 Å². The average Bonchev–Trinajstić information content (AvgIpc) is 3.09. The van der Waals surface area contributed by atoms with Crippen LogP contribution in [0.25, 0.3) is 4.96 Å². The van der Waals surface area contributed by atoms with Crippen molar-refractivity contribution >= 4 is 22.2 Å². The summed E-state index contributed by atoms with van der Waals surface area (Å²) in [7, 11) is 0. The Bertz CT molecular complexity index is 711. The molecule has 0 saturated carbocycles. The third-order valence-corrected chi connectivity index (χ3v) is 3.90. The van der Waals surface area contributed by atoms with E-state index >= 15 is 0 Å². The molecule has 0 spiro atoms. The lowest BCUT2D eigenvalue weighted by molar-refractivity contribution is -0.121. The molecule has 0 radical (unpaired) electrons. The Kier molecular flexibility index (Phi) is 4.59. The number of rotatable bonds is 7. The first-order valence-corrected chi connectivity index (χ1v) is 7.73. The predicted molar refractivity (Wildman–Crippen MR) is 81.9 cm³/mol. The fourth-order valence-corrected chi connectivity index (χ4v) is 2.69. The molecular formula is C14H15N5O2S. The summed E-state index contributed by atoms with van der Waals surface area (Å²) < 4.78 is 7.12. The fourth-order valence-electron chi connectivity index (χ4n) is 1.88. The number of para-hydroxylation sites is 1.